The monoisotopic (exact) mass is 615 g/mol. The Balaban J connectivity index is 0.00000242. The molecule has 0 N–H and O–H groups in total. The number of aromatic carboxylic acids is 1. The van der Waals surface area contributed by atoms with E-state index in [0.717, 1.165) is 51.9 Å². The number of thioether (sulfide) groups is 1. The molecule has 0 spiro atoms. The van der Waals surface area contributed by atoms with Crippen LogP contribution in [0.1, 0.15) is 63.7 Å². The molecular weight excluding hydrogens is 588 g/mol. The first kappa shape index (κ1) is 34.9. The number of pyridine rings is 1. The summed E-state index contributed by atoms with van der Waals surface area (Å²) in [6, 6.07) is 24.8. The van der Waals surface area contributed by atoms with Crippen molar-refractivity contribution in [1.29, 1.82) is 0 Å². The van der Waals surface area contributed by atoms with E-state index >= 15 is 0 Å². The quantitative estimate of drug-likeness (QED) is 0.204. The van der Waals surface area contributed by atoms with Gasteiger partial charge in [0.2, 0.25) is 0 Å². The second-order valence-electron chi connectivity index (χ2n) is 10.4. The number of carboxylic acids is 2. The fourth-order valence-corrected chi connectivity index (χ4v) is 6.68. The normalized spacial score (nSPS) is 14.1. The van der Waals surface area contributed by atoms with Gasteiger partial charge in [-0.1, -0.05) is 78.3 Å². The van der Waals surface area contributed by atoms with Crippen LogP contribution in [0.2, 0.25) is 5.02 Å². The minimum Gasteiger partial charge on any atom is -0.550 e. The van der Waals surface area contributed by atoms with Crippen molar-refractivity contribution in [1.82, 2.24) is 4.98 Å². The molecule has 9 heteroatoms. The van der Waals surface area contributed by atoms with Gasteiger partial charge in [-0.05, 0) is 84.2 Å². The van der Waals surface area contributed by atoms with Gasteiger partial charge in [0.25, 0.3) is 0 Å². The number of nitrogens with zero attached hydrogens (tertiary/aromatic N) is 1. The number of aryl methyl sites for hydroxylation is 1. The Hall–Kier alpha value is -1.61. The fourth-order valence-electron chi connectivity index (χ4n) is 4.95. The van der Waals surface area contributed by atoms with Crippen LogP contribution in [0.5, 0.6) is 0 Å². The number of hydrogen-bond acceptors (Lipinski definition) is 6. The zero-order valence-electron chi connectivity index (χ0n) is 23.8. The van der Waals surface area contributed by atoms with Crippen LogP contribution in [-0.4, -0.2) is 22.7 Å². The molecule has 1 atom stereocenters. The van der Waals surface area contributed by atoms with Gasteiger partial charge in [-0.3, -0.25) is 0 Å². The van der Waals surface area contributed by atoms with E-state index in [2.05, 4.69) is 12.1 Å². The van der Waals surface area contributed by atoms with Crippen LogP contribution in [0, 0.1) is 5.41 Å². The molecule has 42 heavy (non-hydrogen) atoms. The molecule has 1 heterocycles. The van der Waals surface area contributed by atoms with Gasteiger partial charge in [-0.15, -0.1) is 0 Å². The molecule has 3 aromatic carbocycles. The summed E-state index contributed by atoms with van der Waals surface area (Å²) in [6.07, 6.45) is 7.12. The van der Waals surface area contributed by atoms with E-state index in [1.54, 1.807) is 23.9 Å². The summed E-state index contributed by atoms with van der Waals surface area (Å²) in [7, 11) is 0. The molecule has 1 fully saturated rings. The zero-order chi connectivity index (χ0) is 28.1. The first-order chi connectivity index (χ1) is 19.3. The van der Waals surface area contributed by atoms with E-state index < -0.39 is 11.9 Å². The molecule has 0 unspecified atom stereocenters. The Morgan fingerprint density at radius 3 is 2.45 bits per heavy atom. The van der Waals surface area contributed by atoms with E-state index in [4.69, 9.17) is 16.6 Å². The topological polar surface area (TPSA) is 93.1 Å². The molecule has 5 rings (SSSR count). The number of halogens is 1. The fraction of sp³-hybridized carbons (Fsp3) is 0.242. The third-order valence-corrected chi connectivity index (χ3v) is 9.31. The van der Waals surface area contributed by atoms with Gasteiger partial charge in [0.15, 0.2) is 0 Å². The number of fused-ring (bicyclic) bond motifs is 1. The van der Waals surface area contributed by atoms with Crippen LogP contribution in [0.4, 0.5) is 0 Å². The van der Waals surface area contributed by atoms with Gasteiger partial charge in [0.1, 0.15) is 0 Å². The van der Waals surface area contributed by atoms with Crippen molar-refractivity contribution in [3.8, 4) is 0 Å². The molecule has 1 aliphatic carbocycles. The van der Waals surface area contributed by atoms with E-state index in [9.17, 15) is 19.8 Å². The number of benzene rings is 3. The van der Waals surface area contributed by atoms with Crippen LogP contribution in [0.3, 0.4) is 0 Å². The van der Waals surface area contributed by atoms with E-state index in [1.165, 1.54) is 0 Å². The number of rotatable bonds is 12. The Morgan fingerprint density at radius 1 is 0.952 bits per heavy atom. The van der Waals surface area contributed by atoms with Crippen molar-refractivity contribution in [3.05, 3.63) is 112 Å². The average Bonchev–Trinajstić information content (AvgIpc) is 3.70. The molecule has 0 saturated heterocycles. The molecule has 1 saturated carbocycles. The van der Waals surface area contributed by atoms with E-state index in [-0.39, 0.29) is 81.8 Å². The summed E-state index contributed by atoms with van der Waals surface area (Å²) < 4.78 is 0. The smallest absolute Gasteiger partial charge is 0.550 e. The number of hydrogen-bond donors (Lipinski definition) is 0. The van der Waals surface area contributed by atoms with Crippen LogP contribution in [0.25, 0.3) is 23.1 Å². The molecule has 1 aromatic heterocycles. The Morgan fingerprint density at radius 2 is 1.71 bits per heavy atom. The molecule has 5 nitrogen and oxygen atoms in total. The summed E-state index contributed by atoms with van der Waals surface area (Å²) in [5, 5.41) is 24.7. The summed E-state index contributed by atoms with van der Waals surface area (Å²) >= 11 is 7.88. The molecular formula is C33H28ClNNa2O4S. The van der Waals surface area contributed by atoms with Crippen molar-refractivity contribution in [3.63, 3.8) is 0 Å². The van der Waals surface area contributed by atoms with Gasteiger partial charge in [0, 0.05) is 27.2 Å². The SMILES string of the molecule is O=C([O-])CC1(CS[C@H](CCc2ccccc2C(=O)[O-])c2cccc(/C=C/c3ccc4ccc(Cl)cc4n3)c2)CC1.[Na+].[Na+]. The minimum absolute atomic E-state index is 0. The predicted molar refractivity (Wildman–Crippen MR) is 158 cm³/mol. The van der Waals surface area contributed by atoms with E-state index in [0.29, 0.717) is 17.9 Å². The number of aromatic nitrogens is 1. The standard InChI is InChI=1S/C33H30ClNO4S.2Na/c34-26-12-9-24-10-14-27(35-29(24)19-26)13-8-22-4-3-6-25(18-22)30(40-21-33(16-17-33)20-31(36)37)15-11-23-5-1-2-7-28(23)32(38)39;;/h1-10,12-14,18-19,30H,11,15-17,20-21H2,(H,36,37)(H,38,39);;/q;2*+1/p-2/b13-8+;;/t30-;;/m1../s1. The van der Waals surface area contributed by atoms with Crippen molar-refractivity contribution >= 4 is 58.4 Å². The Kier molecular flexibility index (Phi) is 13.2. The van der Waals surface area contributed by atoms with Crippen molar-refractivity contribution in [2.24, 2.45) is 5.41 Å². The van der Waals surface area contributed by atoms with Crippen LogP contribution < -0.4 is 69.3 Å². The van der Waals surface area contributed by atoms with E-state index in [1.807, 2.05) is 66.7 Å². The molecule has 4 aromatic rings. The maximum atomic E-state index is 11.6. The maximum absolute atomic E-state index is 11.6. The van der Waals surface area contributed by atoms with Crippen LogP contribution >= 0.6 is 23.4 Å². The van der Waals surface area contributed by atoms with Crippen molar-refractivity contribution in [2.75, 3.05) is 5.75 Å². The molecule has 1 aliphatic rings. The van der Waals surface area contributed by atoms with Gasteiger partial charge < -0.3 is 19.8 Å². The van der Waals surface area contributed by atoms with Crippen LogP contribution in [0.15, 0.2) is 78.9 Å². The van der Waals surface area contributed by atoms with Gasteiger partial charge in [-0.25, -0.2) is 4.98 Å². The maximum Gasteiger partial charge on any atom is 1.00 e. The minimum atomic E-state index is -1.18. The third-order valence-electron chi connectivity index (χ3n) is 7.38. The molecule has 0 aliphatic heterocycles. The number of carbonyl (C=O) groups excluding carboxylic acids is 2. The summed E-state index contributed by atoms with van der Waals surface area (Å²) in [6.45, 7) is 0. The van der Waals surface area contributed by atoms with Crippen molar-refractivity contribution in [2.45, 2.75) is 37.4 Å². The summed E-state index contributed by atoms with van der Waals surface area (Å²) in [5.41, 5.74) is 4.53. The first-order valence-corrected chi connectivity index (χ1v) is 14.7. The Labute approximate surface area is 299 Å². The number of aliphatic carboxylic acids is 1. The number of carbonyl (C=O) groups is 2. The average molecular weight is 616 g/mol. The van der Waals surface area contributed by atoms with Crippen molar-refractivity contribution < 1.29 is 78.9 Å². The van der Waals surface area contributed by atoms with Gasteiger partial charge >= 0.3 is 59.1 Å². The molecule has 0 radical (unpaired) electrons. The Bertz CT molecular complexity index is 1590. The second-order valence-corrected chi connectivity index (χ2v) is 12.0. The summed E-state index contributed by atoms with van der Waals surface area (Å²) in [5.74, 6) is -1.46. The van der Waals surface area contributed by atoms with Crippen LogP contribution in [-0.2, 0) is 11.2 Å². The number of carboxylic acid groups (broad SMARTS) is 2. The largest absolute Gasteiger partial charge is 1.00 e. The van der Waals surface area contributed by atoms with Gasteiger partial charge in [0.05, 0.1) is 17.2 Å². The molecule has 0 bridgehead atoms. The molecule has 204 valence electrons. The third kappa shape index (κ3) is 9.44. The zero-order valence-corrected chi connectivity index (χ0v) is 29.4. The van der Waals surface area contributed by atoms with Gasteiger partial charge in [-0.2, -0.15) is 11.8 Å². The molecule has 0 amide bonds. The predicted octanol–water partition coefficient (Wildman–Crippen LogP) is -0.243. The second kappa shape index (κ2) is 15.9. The summed E-state index contributed by atoms with van der Waals surface area (Å²) in [4.78, 5) is 27.6. The first-order valence-electron chi connectivity index (χ1n) is 13.3.